The summed E-state index contributed by atoms with van der Waals surface area (Å²) >= 11 is 0. The molecule has 1 saturated carbocycles. The van der Waals surface area contributed by atoms with E-state index in [4.69, 9.17) is 9.47 Å². The number of rotatable bonds is 9. The molecule has 0 heterocycles. The van der Waals surface area contributed by atoms with Crippen LogP contribution in [0.2, 0.25) is 0 Å². The first-order valence-electron chi connectivity index (χ1n) is 7.90. The highest BCUT2D eigenvalue weighted by atomic mass is 16.5. The summed E-state index contributed by atoms with van der Waals surface area (Å²) in [6.45, 7) is 8.05. The summed E-state index contributed by atoms with van der Waals surface area (Å²) < 4.78 is 11.8. The minimum Gasteiger partial charge on any atom is -0.490 e. The molecule has 0 saturated heterocycles. The highest BCUT2D eigenvalue weighted by molar-refractivity contribution is 5.31. The van der Waals surface area contributed by atoms with Crippen LogP contribution < -0.4 is 10.1 Å². The number of hydrogen-bond donors (Lipinski definition) is 1. The first-order chi connectivity index (χ1) is 9.78. The molecule has 2 unspecified atom stereocenters. The van der Waals surface area contributed by atoms with Gasteiger partial charge >= 0.3 is 0 Å². The van der Waals surface area contributed by atoms with Gasteiger partial charge in [-0.15, -0.1) is 0 Å². The van der Waals surface area contributed by atoms with Gasteiger partial charge in [-0.05, 0) is 50.4 Å². The lowest BCUT2D eigenvalue weighted by atomic mass is 9.99. The molecule has 2 rings (SSSR count). The molecule has 0 radical (unpaired) electrons. The van der Waals surface area contributed by atoms with Crippen molar-refractivity contribution in [3.05, 3.63) is 29.8 Å². The second-order valence-corrected chi connectivity index (χ2v) is 5.33. The van der Waals surface area contributed by atoms with Crippen molar-refractivity contribution in [2.24, 2.45) is 0 Å². The van der Waals surface area contributed by atoms with Crippen LogP contribution in [-0.2, 0) is 4.74 Å². The minimum atomic E-state index is 0.205. The highest BCUT2D eigenvalue weighted by Crippen LogP contribution is 2.30. The fourth-order valence-corrected chi connectivity index (χ4v) is 2.51. The zero-order chi connectivity index (χ0) is 14.4. The van der Waals surface area contributed by atoms with Crippen LogP contribution in [0.3, 0.4) is 0 Å². The monoisotopic (exact) mass is 277 g/mol. The molecule has 0 spiro atoms. The molecule has 2 atom stereocenters. The van der Waals surface area contributed by atoms with Crippen LogP contribution in [0.4, 0.5) is 0 Å². The van der Waals surface area contributed by atoms with Crippen LogP contribution in [-0.4, -0.2) is 25.4 Å². The summed E-state index contributed by atoms with van der Waals surface area (Å²) in [4.78, 5) is 0. The molecule has 20 heavy (non-hydrogen) atoms. The average Bonchev–Trinajstić information content (AvgIpc) is 3.27. The maximum Gasteiger partial charge on any atom is 0.120 e. The standard InChI is InChI=1S/C17H27NO2/c1-4-16(19-6-3)17(18-5-2)13-8-7-9-15(12-13)20-14-10-11-14/h7-9,12,14,16-18H,4-6,10-11H2,1-3H3. The Labute approximate surface area is 122 Å². The Morgan fingerprint density at radius 3 is 2.65 bits per heavy atom. The number of likely N-dealkylation sites (N-methyl/N-ethyl adjacent to an activating group) is 1. The maximum absolute atomic E-state index is 5.90. The first kappa shape index (κ1) is 15.3. The van der Waals surface area contributed by atoms with Gasteiger partial charge in [-0.3, -0.25) is 0 Å². The molecule has 1 aliphatic carbocycles. The van der Waals surface area contributed by atoms with Crippen molar-refractivity contribution in [3.63, 3.8) is 0 Å². The Hall–Kier alpha value is -1.06. The second kappa shape index (κ2) is 7.65. The molecule has 1 N–H and O–H groups in total. The lowest BCUT2D eigenvalue weighted by Crippen LogP contribution is -2.33. The molecule has 1 fully saturated rings. The quantitative estimate of drug-likeness (QED) is 0.746. The van der Waals surface area contributed by atoms with Crippen molar-refractivity contribution >= 4 is 0 Å². The van der Waals surface area contributed by atoms with Crippen molar-refractivity contribution < 1.29 is 9.47 Å². The molecule has 1 aromatic rings. The molecule has 3 nitrogen and oxygen atoms in total. The summed E-state index contributed by atoms with van der Waals surface area (Å²) in [5.41, 5.74) is 1.25. The fourth-order valence-electron chi connectivity index (χ4n) is 2.51. The van der Waals surface area contributed by atoms with Gasteiger partial charge < -0.3 is 14.8 Å². The number of nitrogens with one attached hydrogen (secondary N) is 1. The van der Waals surface area contributed by atoms with Crippen LogP contribution in [0, 0.1) is 0 Å². The fraction of sp³-hybridized carbons (Fsp3) is 0.647. The van der Waals surface area contributed by atoms with E-state index >= 15 is 0 Å². The van der Waals surface area contributed by atoms with Crippen molar-refractivity contribution in [3.8, 4) is 5.75 Å². The molecular weight excluding hydrogens is 250 g/mol. The molecule has 0 aliphatic heterocycles. The average molecular weight is 277 g/mol. The number of benzene rings is 1. The normalized spacial score (nSPS) is 17.8. The molecule has 0 bridgehead atoms. The van der Waals surface area contributed by atoms with Gasteiger partial charge in [-0.25, -0.2) is 0 Å². The van der Waals surface area contributed by atoms with E-state index in [1.165, 1.54) is 18.4 Å². The van der Waals surface area contributed by atoms with E-state index in [2.05, 4.69) is 44.3 Å². The largest absolute Gasteiger partial charge is 0.490 e. The van der Waals surface area contributed by atoms with Gasteiger partial charge in [0.25, 0.3) is 0 Å². The molecule has 0 amide bonds. The molecule has 112 valence electrons. The summed E-state index contributed by atoms with van der Waals surface area (Å²) in [5, 5.41) is 3.55. The molecule has 0 aromatic heterocycles. The minimum absolute atomic E-state index is 0.205. The van der Waals surface area contributed by atoms with Crippen LogP contribution in [0.25, 0.3) is 0 Å². The van der Waals surface area contributed by atoms with Gasteiger partial charge in [0.1, 0.15) is 5.75 Å². The van der Waals surface area contributed by atoms with Gasteiger partial charge in [0.15, 0.2) is 0 Å². The smallest absolute Gasteiger partial charge is 0.120 e. The topological polar surface area (TPSA) is 30.5 Å². The van der Waals surface area contributed by atoms with Crippen molar-refractivity contribution in [2.45, 2.75) is 58.3 Å². The van der Waals surface area contributed by atoms with Crippen LogP contribution in [0.5, 0.6) is 5.75 Å². The second-order valence-electron chi connectivity index (χ2n) is 5.33. The number of ether oxygens (including phenoxy) is 2. The lowest BCUT2D eigenvalue weighted by molar-refractivity contribution is 0.0317. The Morgan fingerprint density at radius 2 is 2.05 bits per heavy atom. The van der Waals surface area contributed by atoms with Crippen LogP contribution >= 0.6 is 0 Å². The third kappa shape index (κ3) is 4.22. The highest BCUT2D eigenvalue weighted by Gasteiger charge is 2.25. The summed E-state index contributed by atoms with van der Waals surface area (Å²) in [6.07, 6.45) is 4.03. The third-order valence-electron chi connectivity index (χ3n) is 3.62. The summed E-state index contributed by atoms with van der Waals surface area (Å²) in [7, 11) is 0. The van der Waals surface area contributed by atoms with Gasteiger partial charge in [-0.1, -0.05) is 26.0 Å². The third-order valence-corrected chi connectivity index (χ3v) is 3.62. The van der Waals surface area contributed by atoms with E-state index in [9.17, 15) is 0 Å². The van der Waals surface area contributed by atoms with Crippen molar-refractivity contribution in [1.82, 2.24) is 5.32 Å². The Balaban J connectivity index is 2.13. The van der Waals surface area contributed by atoms with E-state index in [0.29, 0.717) is 6.10 Å². The van der Waals surface area contributed by atoms with Gasteiger partial charge in [0.05, 0.1) is 18.2 Å². The first-order valence-corrected chi connectivity index (χ1v) is 7.90. The van der Waals surface area contributed by atoms with Gasteiger partial charge in [-0.2, -0.15) is 0 Å². The predicted octanol–water partition coefficient (Wildman–Crippen LogP) is 3.69. The van der Waals surface area contributed by atoms with Crippen LogP contribution in [0.15, 0.2) is 24.3 Å². The van der Waals surface area contributed by atoms with Crippen LogP contribution in [0.1, 0.15) is 51.6 Å². The Morgan fingerprint density at radius 1 is 1.25 bits per heavy atom. The van der Waals surface area contributed by atoms with Gasteiger partial charge in [0, 0.05) is 6.61 Å². The summed E-state index contributed by atoms with van der Waals surface area (Å²) in [6, 6.07) is 8.68. The van der Waals surface area contributed by atoms with E-state index in [1.807, 2.05) is 6.07 Å². The number of hydrogen-bond acceptors (Lipinski definition) is 3. The zero-order valence-corrected chi connectivity index (χ0v) is 12.9. The van der Waals surface area contributed by atoms with E-state index in [-0.39, 0.29) is 12.1 Å². The zero-order valence-electron chi connectivity index (χ0n) is 12.9. The van der Waals surface area contributed by atoms with Gasteiger partial charge in [0.2, 0.25) is 0 Å². The lowest BCUT2D eigenvalue weighted by Gasteiger charge is -2.27. The van der Waals surface area contributed by atoms with E-state index < -0.39 is 0 Å². The van der Waals surface area contributed by atoms with Crippen molar-refractivity contribution in [1.29, 1.82) is 0 Å². The predicted molar refractivity (Wildman–Crippen MR) is 82.2 cm³/mol. The van der Waals surface area contributed by atoms with E-state index in [0.717, 1.165) is 25.3 Å². The maximum atomic E-state index is 5.90. The SMILES string of the molecule is CCNC(c1cccc(OC2CC2)c1)C(CC)OCC. The molecular formula is C17H27NO2. The summed E-state index contributed by atoms with van der Waals surface area (Å²) in [5.74, 6) is 0.985. The van der Waals surface area contributed by atoms with E-state index in [1.54, 1.807) is 0 Å². The molecule has 1 aromatic carbocycles. The Kier molecular flexibility index (Phi) is 5.86. The molecule has 1 aliphatic rings. The van der Waals surface area contributed by atoms with Crippen molar-refractivity contribution in [2.75, 3.05) is 13.2 Å². The Bertz CT molecular complexity index is 404. The molecule has 3 heteroatoms.